The van der Waals surface area contributed by atoms with Crippen LogP contribution >= 0.6 is 0 Å². The summed E-state index contributed by atoms with van der Waals surface area (Å²) in [5.74, 6) is 0. The van der Waals surface area contributed by atoms with Gasteiger partial charge in [0.2, 0.25) is 0 Å². The molecule has 0 aromatic heterocycles. The average molecular weight is 274 g/mol. The van der Waals surface area contributed by atoms with E-state index in [1.54, 1.807) is 6.07 Å². The number of alkyl halides is 3. The molecule has 0 aliphatic carbocycles. The van der Waals surface area contributed by atoms with Gasteiger partial charge in [0.05, 0.1) is 11.7 Å². The summed E-state index contributed by atoms with van der Waals surface area (Å²) in [6.45, 7) is 2.58. The van der Waals surface area contributed by atoms with Gasteiger partial charge in [0.15, 0.2) is 0 Å². The molecule has 3 nitrogen and oxygen atoms in total. The topological polar surface area (TPSA) is 47.3 Å². The van der Waals surface area contributed by atoms with Crippen LogP contribution in [0.5, 0.6) is 0 Å². The van der Waals surface area contributed by atoms with E-state index in [1.165, 1.54) is 6.07 Å². The van der Waals surface area contributed by atoms with Gasteiger partial charge in [-0.1, -0.05) is 0 Å². The first-order valence-corrected chi connectivity index (χ1v) is 6.21. The Morgan fingerprint density at radius 3 is 2.74 bits per heavy atom. The van der Waals surface area contributed by atoms with E-state index in [0.717, 1.165) is 18.9 Å². The number of rotatable bonds is 2. The molecule has 0 bridgehead atoms. The molecule has 0 saturated carbocycles. The predicted molar refractivity (Wildman–Crippen MR) is 67.9 cm³/mol. The smallest absolute Gasteiger partial charge is 0.398 e. The predicted octanol–water partition coefficient (Wildman–Crippen LogP) is 3.27. The number of hydrogen-bond donors (Lipinski definition) is 2. The third kappa shape index (κ3) is 3.53. The molecule has 2 rings (SSSR count). The first-order valence-electron chi connectivity index (χ1n) is 6.21. The van der Waals surface area contributed by atoms with Gasteiger partial charge in [-0.05, 0) is 38.0 Å². The quantitative estimate of drug-likeness (QED) is 0.814. The van der Waals surface area contributed by atoms with Crippen LogP contribution in [-0.4, -0.2) is 18.8 Å². The second kappa shape index (κ2) is 5.28. The molecule has 1 aromatic rings. The summed E-state index contributed by atoms with van der Waals surface area (Å²) in [5.41, 5.74) is 4.76. The van der Waals surface area contributed by atoms with Crippen LogP contribution in [-0.2, 0) is 10.9 Å². The number of nitrogens with two attached hydrogens (primary N) is 1. The summed E-state index contributed by atoms with van der Waals surface area (Å²) in [5, 5.41) is 3.12. The molecule has 3 N–H and O–H groups in total. The molecule has 106 valence electrons. The van der Waals surface area contributed by atoms with Crippen LogP contribution in [0.25, 0.3) is 0 Å². The van der Waals surface area contributed by atoms with E-state index in [1.807, 2.05) is 6.92 Å². The summed E-state index contributed by atoms with van der Waals surface area (Å²) in [4.78, 5) is 0. The van der Waals surface area contributed by atoms with E-state index in [0.29, 0.717) is 12.3 Å². The summed E-state index contributed by atoms with van der Waals surface area (Å²) in [7, 11) is 0. The molecule has 0 spiro atoms. The highest BCUT2D eigenvalue weighted by atomic mass is 19.4. The molecule has 1 aliphatic heterocycles. The first kappa shape index (κ1) is 14.0. The second-order valence-electron chi connectivity index (χ2n) is 4.85. The molecule has 1 saturated heterocycles. The normalized spacial score (nSPS) is 24.2. The molecule has 1 aromatic carbocycles. The van der Waals surface area contributed by atoms with Crippen molar-refractivity contribution in [1.82, 2.24) is 0 Å². The fraction of sp³-hybridized carbons (Fsp3) is 0.538. The van der Waals surface area contributed by atoms with Gasteiger partial charge in [-0.25, -0.2) is 0 Å². The maximum Gasteiger partial charge on any atom is 0.418 e. The Morgan fingerprint density at radius 1 is 1.37 bits per heavy atom. The third-order valence-corrected chi connectivity index (χ3v) is 3.21. The van der Waals surface area contributed by atoms with Crippen molar-refractivity contribution in [2.75, 3.05) is 17.7 Å². The maximum atomic E-state index is 12.7. The first-order chi connectivity index (χ1) is 8.86. The number of nitrogen functional groups attached to an aromatic ring is 1. The molecular weight excluding hydrogens is 257 g/mol. The lowest BCUT2D eigenvalue weighted by molar-refractivity contribution is -0.136. The monoisotopic (exact) mass is 274 g/mol. The van der Waals surface area contributed by atoms with E-state index in [9.17, 15) is 13.2 Å². The molecule has 1 fully saturated rings. The Hall–Kier alpha value is -1.43. The van der Waals surface area contributed by atoms with E-state index < -0.39 is 11.7 Å². The molecule has 1 heterocycles. The van der Waals surface area contributed by atoms with Gasteiger partial charge >= 0.3 is 6.18 Å². The molecule has 6 heteroatoms. The Morgan fingerprint density at radius 2 is 2.11 bits per heavy atom. The van der Waals surface area contributed by atoms with Crippen molar-refractivity contribution in [2.24, 2.45) is 0 Å². The SMILES string of the molecule is CC1CC(Nc2ccc(N)c(C(F)(F)F)c2)CCO1. The highest BCUT2D eigenvalue weighted by Crippen LogP contribution is 2.35. The molecule has 0 amide bonds. The summed E-state index contributed by atoms with van der Waals surface area (Å²) < 4.78 is 43.6. The van der Waals surface area contributed by atoms with Gasteiger partial charge in [0.1, 0.15) is 0 Å². The Bertz CT molecular complexity index is 448. The highest BCUT2D eigenvalue weighted by Gasteiger charge is 2.33. The van der Waals surface area contributed by atoms with Gasteiger partial charge < -0.3 is 15.8 Å². The van der Waals surface area contributed by atoms with E-state index in [-0.39, 0.29) is 17.8 Å². The second-order valence-corrected chi connectivity index (χ2v) is 4.85. The van der Waals surface area contributed by atoms with Crippen molar-refractivity contribution in [3.8, 4) is 0 Å². The molecule has 0 radical (unpaired) electrons. The van der Waals surface area contributed by atoms with Crippen LogP contribution in [0.2, 0.25) is 0 Å². The number of nitrogens with one attached hydrogen (secondary N) is 1. The van der Waals surface area contributed by atoms with Crippen LogP contribution < -0.4 is 11.1 Å². The van der Waals surface area contributed by atoms with Crippen LogP contribution in [0, 0.1) is 0 Å². The number of benzene rings is 1. The van der Waals surface area contributed by atoms with Crippen LogP contribution in [0.15, 0.2) is 18.2 Å². The number of ether oxygens (including phenoxy) is 1. The Kier molecular flexibility index (Phi) is 3.89. The maximum absolute atomic E-state index is 12.7. The van der Waals surface area contributed by atoms with Crippen molar-refractivity contribution >= 4 is 11.4 Å². The molecule has 19 heavy (non-hydrogen) atoms. The summed E-state index contributed by atoms with van der Waals surface area (Å²) in [6.07, 6.45) is -2.73. The molecule has 1 aliphatic rings. The average Bonchev–Trinajstić information content (AvgIpc) is 2.30. The van der Waals surface area contributed by atoms with Gasteiger partial charge in [0, 0.05) is 24.0 Å². The standard InChI is InChI=1S/C13H17F3N2O/c1-8-6-10(4-5-19-8)18-9-2-3-12(17)11(7-9)13(14,15)16/h2-3,7-8,10,18H,4-6,17H2,1H3. The summed E-state index contributed by atoms with van der Waals surface area (Å²) >= 11 is 0. The van der Waals surface area contributed by atoms with Gasteiger partial charge in [-0.2, -0.15) is 13.2 Å². The zero-order valence-electron chi connectivity index (χ0n) is 10.6. The lowest BCUT2D eigenvalue weighted by Crippen LogP contribution is -2.32. The van der Waals surface area contributed by atoms with Crippen molar-refractivity contribution in [3.05, 3.63) is 23.8 Å². The number of anilines is 2. The van der Waals surface area contributed by atoms with Gasteiger partial charge in [-0.15, -0.1) is 0 Å². The summed E-state index contributed by atoms with van der Waals surface area (Å²) in [6, 6.07) is 4.06. The minimum absolute atomic E-state index is 0.127. The highest BCUT2D eigenvalue weighted by molar-refractivity contribution is 5.58. The minimum Gasteiger partial charge on any atom is -0.398 e. The van der Waals surface area contributed by atoms with Crippen LogP contribution in [0.3, 0.4) is 0 Å². The van der Waals surface area contributed by atoms with Crippen molar-refractivity contribution in [1.29, 1.82) is 0 Å². The Balaban J connectivity index is 2.13. The van der Waals surface area contributed by atoms with E-state index >= 15 is 0 Å². The largest absolute Gasteiger partial charge is 0.418 e. The molecule has 2 unspecified atom stereocenters. The zero-order valence-corrected chi connectivity index (χ0v) is 10.6. The minimum atomic E-state index is -4.43. The van der Waals surface area contributed by atoms with Crippen LogP contribution in [0.4, 0.5) is 24.5 Å². The van der Waals surface area contributed by atoms with E-state index in [2.05, 4.69) is 5.32 Å². The lowest BCUT2D eigenvalue weighted by Gasteiger charge is -2.29. The molecule has 2 atom stereocenters. The number of halogens is 3. The van der Waals surface area contributed by atoms with Crippen molar-refractivity contribution in [2.45, 2.75) is 38.1 Å². The van der Waals surface area contributed by atoms with Gasteiger partial charge in [-0.3, -0.25) is 0 Å². The van der Waals surface area contributed by atoms with Crippen LogP contribution in [0.1, 0.15) is 25.3 Å². The molecular formula is C13H17F3N2O. The lowest BCUT2D eigenvalue weighted by atomic mass is 10.0. The Labute approximate surface area is 109 Å². The van der Waals surface area contributed by atoms with E-state index in [4.69, 9.17) is 10.5 Å². The third-order valence-electron chi connectivity index (χ3n) is 3.21. The zero-order chi connectivity index (χ0) is 14.0. The van der Waals surface area contributed by atoms with Crippen molar-refractivity contribution < 1.29 is 17.9 Å². The van der Waals surface area contributed by atoms with Gasteiger partial charge in [0.25, 0.3) is 0 Å². The van der Waals surface area contributed by atoms with Crippen molar-refractivity contribution in [3.63, 3.8) is 0 Å². The fourth-order valence-electron chi connectivity index (χ4n) is 2.26. The fourth-order valence-corrected chi connectivity index (χ4v) is 2.26. The number of hydrogen-bond acceptors (Lipinski definition) is 3.